The molecule has 1 aromatic heterocycles. The average molecular weight is 241 g/mol. The lowest BCUT2D eigenvalue weighted by Gasteiger charge is -2.17. The van der Waals surface area contributed by atoms with Gasteiger partial charge in [-0.15, -0.1) is 5.10 Å². The predicted molar refractivity (Wildman–Crippen MR) is 61.6 cm³/mol. The smallest absolute Gasteiger partial charge is 0.378 e. The number of hydrogen-bond acceptors (Lipinski definition) is 6. The van der Waals surface area contributed by atoms with Gasteiger partial charge < -0.3 is 9.64 Å². The molecule has 0 aromatic carbocycles. The summed E-state index contributed by atoms with van der Waals surface area (Å²) in [5.41, 5.74) is 0. The zero-order chi connectivity index (χ0) is 12.7. The third-order valence-corrected chi connectivity index (χ3v) is 2.51. The van der Waals surface area contributed by atoms with Crippen molar-refractivity contribution in [2.45, 2.75) is 27.3 Å². The Morgan fingerprint density at radius 3 is 2.65 bits per heavy atom. The van der Waals surface area contributed by atoms with Crippen LogP contribution in [-0.4, -0.2) is 57.3 Å². The Morgan fingerprint density at radius 1 is 1.35 bits per heavy atom. The summed E-state index contributed by atoms with van der Waals surface area (Å²) in [5, 5.41) is 11.0. The molecule has 17 heavy (non-hydrogen) atoms. The van der Waals surface area contributed by atoms with Crippen molar-refractivity contribution >= 4 is 5.97 Å². The van der Waals surface area contributed by atoms with E-state index in [9.17, 15) is 4.79 Å². The Bertz CT molecular complexity index is 348. The Balaban J connectivity index is 2.59. The highest BCUT2D eigenvalue weighted by Crippen LogP contribution is 1.97. The maximum absolute atomic E-state index is 11.5. The number of nitrogens with zero attached hydrogens (tertiary/aromatic N) is 5. The molecule has 0 aliphatic heterocycles. The van der Waals surface area contributed by atoms with Crippen LogP contribution in [-0.2, 0) is 11.3 Å². The number of esters is 1. The van der Waals surface area contributed by atoms with Crippen molar-refractivity contribution in [2.24, 2.45) is 0 Å². The molecule has 0 saturated heterocycles. The van der Waals surface area contributed by atoms with Gasteiger partial charge in [0, 0.05) is 6.54 Å². The molecule has 0 aliphatic carbocycles. The minimum atomic E-state index is -0.475. The molecule has 1 rings (SSSR count). The number of tetrazole rings is 1. The van der Waals surface area contributed by atoms with Crippen LogP contribution in [0, 0.1) is 0 Å². The van der Waals surface area contributed by atoms with E-state index in [-0.39, 0.29) is 5.82 Å². The number of carbonyl (C=O) groups is 1. The first kappa shape index (κ1) is 13.6. The van der Waals surface area contributed by atoms with Crippen molar-refractivity contribution in [1.82, 2.24) is 25.1 Å². The molecular weight excluding hydrogens is 222 g/mol. The molecule has 0 spiro atoms. The van der Waals surface area contributed by atoms with Gasteiger partial charge in [0.15, 0.2) is 0 Å². The number of rotatable bonds is 7. The molecule has 0 fully saturated rings. The zero-order valence-electron chi connectivity index (χ0n) is 10.6. The summed E-state index contributed by atoms with van der Waals surface area (Å²) in [6.07, 6.45) is 0. The molecule has 0 radical (unpaired) electrons. The summed E-state index contributed by atoms with van der Waals surface area (Å²) >= 11 is 0. The second-order valence-electron chi connectivity index (χ2n) is 3.47. The lowest BCUT2D eigenvalue weighted by Crippen LogP contribution is -2.28. The third kappa shape index (κ3) is 3.77. The van der Waals surface area contributed by atoms with Crippen LogP contribution >= 0.6 is 0 Å². The van der Waals surface area contributed by atoms with Gasteiger partial charge in [-0.1, -0.05) is 13.8 Å². The van der Waals surface area contributed by atoms with Crippen molar-refractivity contribution in [3.63, 3.8) is 0 Å². The van der Waals surface area contributed by atoms with E-state index in [1.54, 1.807) is 6.92 Å². The highest BCUT2D eigenvalue weighted by molar-refractivity contribution is 5.85. The summed E-state index contributed by atoms with van der Waals surface area (Å²) < 4.78 is 6.35. The van der Waals surface area contributed by atoms with Crippen LogP contribution in [0.1, 0.15) is 31.4 Å². The van der Waals surface area contributed by atoms with E-state index in [0.29, 0.717) is 13.2 Å². The first-order chi connectivity index (χ1) is 8.22. The van der Waals surface area contributed by atoms with Crippen LogP contribution in [0.3, 0.4) is 0 Å². The summed E-state index contributed by atoms with van der Waals surface area (Å²) in [5.74, 6) is -0.309. The largest absolute Gasteiger partial charge is 0.460 e. The molecule has 0 atom stereocenters. The van der Waals surface area contributed by atoms with E-state index in [0.717, 1.165) is 19.6 Å². The number of ether oxygens (including phenoxy) is 1. The fourth-order valence-electron chi connectivity index (χ4n) is 1.47. The SMILES string of the molecule is CCOC(=O)c1nnnn1CCN(CC)CC. The molecule has 7 heteroatoms. The highest BCUT2D eigenvalue weighted by Gasteiger charge is 2.16. The van der Waals surface area contributed by atoms with E-state index in [1.165, 1.54) is 4.68 Å². The molecule has 7 nitrogen and oxygen atoms in total. The first-order valence-corrected chi connectivity index (χ1v) is 5.88. The van der Waals surface area contributed by atoms with E-state index in [1.807, 2.05) is 0 Å². The van der Waals surface area contributed by atoms with E-state index >= 15 is 0 Å². The van der Waals surface area contributed by atoms with Crippen LogP contribution in [0.15, 0.2) is 0 Å². The van der Waals surface area contributed by atoms with Gasteiger partial charge in [0.05, 0.1) is 13.2 Å². The highest BCUT2D eigenvalue weighted by atomic mass is 16.5. The first-order valence-electron chi connectivity index (χ1n) is 5.88. The second kappa shape index (κ2) is 6.95. The number of carbonyl (C=O) groups excluding carboxylic acids is 1. The lowest BCUT2D eigenvalue weighted by atomic mass is 10.4. The lowest BCUT2D eigenvalue weighted by molar-refractivity contribution is 0.0503. The van der Waals surface area contributed by atoms with Crippen molar-refractivity contribution in [1.29, 1.82) is 0 Å². The standard InChI is InChI=1S/C10H19N5O2/c1-4-14(5-2)7-8-15-9(11-12-13-15)10(16)17-6-3/h4-8H2,1-3H3. The van der Waals surface area contributed by atoms with Crippen molar-refractivity contribution in [3.8, 4) is 0 Å². The van der Waals surface area contributed by atoms with Gasteiger partial charge in [-0.05, 0) is 30.4 Å². The molecule has 0 aliphatic rings. The van der Waals surface area contributed by atoms with E-state index < -0.39 is 5.97 Å². The molecule has 0 bridgehead atoms. The van der Waals surface area contributed by atoms with Crippen LogP contribution in [0.2, 0.25) is 0 Å². The maximum Gasteiger partial charge on any atom is 0.378 e. The van der Waals surface area contributed by atoms with Crippen LogP contribution in [0.4, 0.5) is 0 Å². The summed E-state index contributed by atoms with van der Waals surface area (Å²) in [7, 11) is 0. The van der Waals surface area contributed by atoms with Crippen LogP contribution in [0.5, 0.6) is 0 Å². The zero-order valence-corrected chi connectivity index (χ0v) is 10.6. The Kier molecular flexibility index (Phi) is 5.55. The van der Waals surface area contributed by atoms with Gasteiger partial charge in [0.1, 0.15) is 0 Å². The van der Waals surface area contributed by atoms with Gasteiger partial charge in [0.2, 0.25) is 0 Å². The Morgan fingerprint density at radius 2 is 2.06 bits per heavy atom. The van der Waals surface area contributed by atoms with E-state index in [2.05, 4.69) is 34.3 Å². The van der Waals surface area contributed by atoms with Crippen LogP contribution < -0.4 is 0 Å². The minimum Gasteiger partial charge on any atom is -0.460 e. The van der Waals surface area contributed by atoms with Gasteiger partial charge in [-0.2, -0.15) is 0 Å². The normalized spacial score (nSPS) is 10.8. The van der Waals surface area contributed by atoms with Crippen molar-refractivity contribution in [2.75, 3.05) is 26.2 Å². The fraction of sp³-hybridized carbons (Fsp3) is 0.800. The molecule has 1 heterocycles. The quantitative estimate of drug-likeness (QED) is 0.635. The van der Waals surface area contributed by atoms with Gasteiger partial charge >= 0.3 is 5.97 Å². The second-order valence-corrected chi connectivity index (χ2v) is 3.47. The topological polar surface area (TPSA) is 73.1 Å². The molecule has 0 unspecified atom stereocenters. The summed E-state index contributed by atoms with van der Waals surface area (Å²) in [6.45, 7) is 9.59. The Hall–Kier alpha value is -1.50. The predicted octanol–water partition coefficient (Wildman–Crippen LogP) is 0.192. The molecule has 96 valence electrons. The molecule has 0 saturated carbocycles. The van der Waals surface area contributed by atoms with Gasteiger partial charge in [-0.25, -0.2) is 9.48 Å². The summed E-state index contributed by atoms with van der Waals surface area (Å²) in [4.78, 5) is 13.7. The van der Waals surface area contributed by atoms with Crippen molar-refractivity contribution in [3.05, 3.63) is 5.82 Å². The van der Waals surface area contributed by atoms with Crippen molar-refractivity contribution < 1.29 is 9.53 Å². The molecule has 0 amide bonds. The Labute approximate surface area is 101 Å². The average Bonchev–Trinajstić information content (AvgIpc) is 2.79. The van der Waals surface area contributed by atoms with Crippen LogP contribution in [0.25, 0.3) is 0 Å². The maximum atomic E-state index is 11.5. The fourth-order valence-corrected chi connectivity index (χ4v) is 1.47. The summed E-state index contributed by atoms with van der Waals surface area (Å²) in [6, 6.07) is 0. The number of aromatic nitrogens is 4. The third-order valence-electron chi connectivity index (χ3n) is 2.51. The van der Waals surface area contributed by atoms with Gasteiger partial charge in [0.25, 0.3) is 5.82 Å². The molecule has 1 aromatic rings. The van der Waals surface area contributed by atoms with E-state index in [4.69, 9.17) is 4.74 Å². The van der Waals surface area contributed by atoms with Gasteiger partial charge in [-0.3, -0.25) is 0 Å². The molecule has 0 N–H and O–H groups in total. The number of likely N-dealkylation sites (N-methyl/N-ethyl adjacent to an activating group) is 1. The molecular formula is C10H19N5O2. The minimum absolute atomic E-state index is 0.166. The monoisotopic (exact) mass is 241 g/mol. The number of hydrogen-bond donors (Lipinski definition) is 0.